The Balaban J connectivity index is 1.65. The summed E-state index contributed by atoms with van der Waals surface area (Å²) < 4.78 is 20.9. The minimum atomic E-state index is -0.472. The van der Waals surface area contributed by atoms with E-state index in [1.165, 1.54) is 17.7 Å². The number of hydrogen-bond acceptors (Lipinski definition) is 3. The number of hydrogen-bond donors (Lipinski definition) is 0. The van der Waals surface area contributed by atoms with Crippen LogP contribution < -0.4 is 0 Å². The summed E-state index contributed by atoms with van der Waals surface area (Å²) in [6.07, 6.45) is 1.67. The standard InChI is InChI=1S/C29H29FN2O2/c1-19-15-22(29(3,4)5)16-20(2)26(19)18-34-28(33)25-17-32(24-9-7-6-8-10-24)31-27(25)21-11-13-23(30)14-12-21/h6-17H,18H2,1-5H3. The zero-order chi connectivity index (χ0) is 24.5. The van der Waals surface area contributed by atoms with Crippen LogP contribution in [0.2, 0.25) is 0 Å². The minimum absolute atomic E-state index is 0.0425. The minimum Gasteiger partial charge on any atom is -0.457 e. The maximum atomic E-state index is 13.5. The molecule has 0 fully saturated rings. The molecule has 0 saturated heterocycles. The number of ether oxygens (including phenoxy) is 1. The average molecular weight is 457 g/mol. The number of rotatable bonds is 5. The number of carbonyl (C=O) groups is 1. The largest absolute Gasteiger partial charge is 0.457 e. The van der Waals surface area contributed by atoms with E-state index in [0.29, 0.717) is 16.8 Å². The van der Waals surface area contributed by atoms with Gasteiger partial charge in [-0.05, 0) is 77.9 Å². The molecule has 3 aromatic carbocycles. The molecular formula is C29H29FN2O2. The van der Waals surface area contributed by atoms with Crippen molar-refractivity contribution < 1.29 is 13.9 Å². The number of esters is 1. The Morgan fingerprint density at radius 1 is 0.971 bits per heavy atom. The van der Waals surface area contributed by atoms with Gasteiger partial charge in [0.2, 0.25) is 0 Å². The fourth-order valence-corrected chi connectivity index (χ4v) is 3.93. The lowest BCUT2D eigenvalue weighted by molar-refractivity contribution is 0.0472. The molecule has 0 aliphatic rings. The molecule has 0 aliphatic heterocycles. The zero-order valence-electron chi connectivity index (χ0n) is 20.2. The number of carbonyl (C=O) groups excluding carboxylic acids is 1. The van der Waals surface area contributed by atoms with Gasteiger partial charge in [0.15, 0.2) is 0 Å². The van der Waals surface area contributed by atoms with E-state index < -0.39 is 5.97 Å². The van der Waals surface area contributed by atoms with Crippen molar-refractivity contribution in [2.45, 2.75) is 46.6 Å². The van der Waals surface area contributed by atoms with Crippen LogP contribution in [0, 0.1) is 19.7 Å². The Bertz CT molecular complexity index is 1290. The smallest absolute Gasteiger partial charge is 0.342 e. The van der Waals surface area contributed by atoms with Crippen molar-refractivity contribution in [3.8, 4) is 16.9 Å². The first kappa shape index (κ1) is 23.4. The Morgan fingerprint density at radius 2 is 1.59 bits per heavy atom. The maximum absolute atomic E-state index is 13.5. The molecule has 0 spiro atoms. The second-order valence-corrected chi connectivity index (χ2v) is 9.59. The lowest BCUT2D eigenvalue weighted by Gasteiger charge is -2.22. The quantitative estimate of drug-likeness (QED) is 0.305. The van der Waals surface area contributed by atoms with E-state index >= 15 is 0 Å². The molecule has 0 saturated carbocycles. The fraction of sp³-hybridized carbons (Fsp3) is 0.241. The normalized spacial score (nSPS) is 11.5. The van der Waals surface area contributed by atoms with Crippen LogP contribution in [-0.2, 0) is 16.8 Å². The van der Waals surface area contributed by atoms with Gasteiger partial charge in [-0.15, -0.1) is 0 Å². The monoisotopic (exact) mass is 456 g/mol. The zero-order valence-corrected chi connectivity index (χ0v) is 20.2. The van der Waals surface area contributed by atoms with E-state index in [4.69, 9.17) is 4.74 Å². The highest BCUT2D eigenvalue weighted by Crippen LogP contribution is 2.29. The van der Waals surface area contributed by atoms with Gasteiger partial charge < -0.3 is 4.74 Å². The molecule has 0 atom stereocenters. The number of aryl methyl sites for hydroxylation is 2. The predicted molar refractivity (Wildman–Crippen MR) is 133 cm³/mol. The number of benzene rings is 3. The maximum Gasteiger partial charge on any atom is 0.342 e. The predicted octanol–water partition coefficient (Wildman–Crippen LogP) is 6.95. The number of nitrogens with zero attached hydrogens (tertiary/aromatic N) is 2. The first-order valence-electron chi connectivity index (χ1n) is 11.3. The number of para-hydroxylation sites is 1. The van der Waals surface area contributed by atoms with Crippen LogP contribution in [0.15, 0.2) is 72.9 Å². The van der Waals surface area contributed by atoms with Crippen molar-refractivity contribution in [3.05, 3.63) is 107 Å². The van der Waals surface area contributed by atoms with Crippen LogP contribution in [0.25, 0.3) is 16.9 Å². The van der Waals surface area contributed by atoms with E-state index in [0.717, 1.165) is 22.4 Å². The Morgan fingerprint density at radius 3 is 2.18 bits per heavy atom. The summed E-state index contributed by atoms with van der Waals surface area (Å²) in [7, 11) is 0. The molecule has 4 aromatic rings. The lowest BCUT2D eigenvalue weighted by atomic mass is 9.84. The molecule has 0 unspecified atom stereocenters. The van der Waals surface area contributed by atoms with Crippen molar-refractivity contribution >= 4 is 5.97 Å². The van der Waals surface area contributed by atoms with Gasteiger partial charge in [0.25, 0.3) is 0 Å². The van der Waals surface area contributed by atoms with E-state index in [9.17, 15) is 9.18 Å². The molecule has 4 nitrogen and oxygen atoms in total. The molecule has 4 rings (SSSR count). The van der Waals surface area contributed by atoms with Gasteiger partial charge in [-0.25, -0.2) is 13.9 Å². The third-order valence-electron chi connectivity index (χ3n) is 5.98. The molecular weight excluding hydrogens is 427 g/mol. The molecule has 1 heterocycles. The number of halogens is 1. The molecule has 1 aromatic heterocycles. The molecule has 0 aliphatic carbocycles. The Kier molecular flexibility index (Phi) is 6.38. The summed E-state index contributed by atoms with van der Waals surface area (Å²) in [6, 6.07) is 19.8. The van der Waals surface area contributed by atoms with Crippen molar-refractivity contribution in [2.75, 3.05) is 0 Å². The molecule has 0 N–H and O–H groups in total. The van der Waals surface area contributed by atoms with Gasteiger partial charge in [0.1, 0.15) is 23.7 Å². The molecule has 0 amide bonds. The van der Waals surface area contributed by atoms with Crippen LogP contribution in [0.3, 0.4) is 0 Å². The first-order chi connectivity index (χ1) is 16.1. The van der Waals surface area contributed by atoms with E-state index in [-0.39, 0.29) is 17.8 Å². The second-order valence-electron chi connectivity index (χ2n) is 9.59. The van der Waals surface area contributed by atoms with Gasteiger partial charge in [-0.2, -0.15) is 5.10 Å². The number of aromatic nitrogens is 2. The Labute approximate surface area is 200 Å². The summed E-state index contributed by atoms with van der Waals surface area (Å²) in [4.78, 5) is 13.2. The van der Waals surface area contributed by atoms with E-state index in [2.05, 4.69) is 38.0 Å². The van der Waals surface area contributed by atoms with Gasteiger partial charge in [0, 0.05) is 11.8 Å². The van der Waals surface area contributed by atoms with Crippen LogP contribution in [0.5, 0.6) is 0 Å². The van der Waals surface area contributed by atoms with Gasteiger partial charge >= 0.3 is 5.97 Å². The molecule has 0 radical (unpaired) electrons. The Hall–Kier alpha value is -3.73. The highest BCUT2D eigenvalue weighted by molar-refractivity contribution is 5.96. The molecule has 34 heavy (non-hydrogen) atoms. The van der Waals surface area contributed by atoms with Crippen molar-refractivity contribution in [1.29, 1.82) is 0 Å². The third-order valence-corrected chi connectivity index (χ3v) is 5.98. The van der Waals surface area contributed by atoms with Gasteiger partial charge in [-0.3, -0.25) is 0 Å². The SMILES string of the molecule is Cc1cc(C(C)(C)C)cc(C)c1COC(=O)c1cn(-c2ccccc2)nc1-c1ccc(F)cc1. The highest BCUT2D eigenvalue weighted by atomic mass is 19.1. The fourth-order valence-electron chi connectivity index (χ4n) is 3.93. The van der Waals surface area contributed by atoms with Crippen molar-refractivity contribution in [2.24, 2.45) is 0 Å². The average Bonchev–Trinajstić information content (AvgIpc) is 3.24. The van der Waals surface area contributed by atoms with Crippen molar-refractivity contribution in [1.82, 2.24) is 9.78 Å². The van der Waals surface area contributed by atoms with Crippen LogP contribution in [0.1, 0.15) is 53.4 Å². The first-order valence-corrected chi connectivity index (χ1v) is 11.3. The summed E-state index contributed by atoms with van der Waals surface area (Å²) in [6.45, 7) is 10.8. The molecule has 174 valence electrons. The van der Waals surface area contributed by atoms with E-state index in [1.807, 2.05) is 44.2 Å². The molecule has 0 bridgehead atoms. The van der Waals surface area contributed by atoms with E-state index in [1.54, 1.807) is 23.0 Å². The topological polar surface area (TPSA) is 44.1 Å². The lowest BCUT2D eigenvalue weighted by Crippen LogP contribution is -2.13. The van der Waals surface area contributed by atoms with Gasteiger partial charge in [-0.1, -0.05) is 51.1 Å². The van der Waals surface area contributed by atoms with Crippen LogP contribution in [0.4, 0.5) is 4.39 Å². The molecule has 5 heteroatoms. The second kappa shape index (κ2) is 9.26. The van der Waals surface area contributed by atoms with Crippen LogP contribution in [-0.4, -0.2) is 15.7 Å². The third kappa shape index (κ3) is 4.93. The van der Waals surface area contributed by atoms with Crippen molar-refractivity contribution in [3.63, 3.8) is 0 Å². The highest BCUT2D eigenvalue weighted by Gasteiger charge is 2.22. The summed E-state index contributed by atoms with van der Waals surface area (Å²) in [5.41, 5.74) is 6.72. The summed E-state index contributed by atoms with van der Waals surface area (Å²) in [5, 5.41) is 4.62. The van der Waals surface area contributed by atoms with Crippen LogP contribution >= 0.6 is 0 Å². The summed E-state index contributed by atoms with van der Waals surface area (Å²) in [5.74, 6) is -0.819. The summed E-state index contributed by atoms with van der Waals surface area (Å²) >= 11 is 0. The van der Waals surface area contributed by atoms with Gasteiger partial charge in [0.05, 0.1) is 5.69 Å².